The fourth-order valence-electron chi connectivity index (χ4n) is 2.37. The van der Waals surface area contributed by atoms with E-state index in [4.69, 9.17) is 0 Å². The van der Waals surface area contributed by atoms with Gasteiger partial charge in [0.25, 0.3) is 0 Å². The highest BCUT2D eigenvalue weighted by Gasteiger charge is 2.28. The number of ether oxygens (including phenoxy) is 1. The van der Waals surface area contributed by atoms with E-state index >= 15 is 0 Å². The van der Waals surface area contributed by atoms with Crippen LogP contribution < -0.4 is 0 Å². The number of carbonyl (C=O) groups is 1. The Morgan fingerprint density at radius 2 is 1.88 bits per heavy atom. The average molecular weight is 227 g/mol. The van der Waals surface area contributed by atoms with Crippen molar-refractivity contribution in [3.05, 3.63) is 0 Å². The van der Waals surface area contributed by atoms with Gasteiger partial charge in [-0.05, 0) is 37.3 Å². The summed E-state index contributed by atoms with van der Waals surface area (Å²) in [5.41, 5.74) is 0.425. The Morgan fingerprint density at radius 1 is 1.31 bits per heavy atom. The highest BCUT2D eigenvalue weighted by Crippen LogP contribution is 2.34. The lowest BCUT2D eigenvalue weighted by Crippen LogP contribution is -2.38. The van der Waals surface area contributed by atoms with Gasteiger partial charge in [-0.3, -0.25) is 4.79 Å². The topological polar surface area (TPSA) is 29.5 Å². The molecule has 3 nitrogen and oxygen atoms in total. The summed E-state index contributed by atoms with van der Waals surface area (Å²) in [6.07, 6.45) is 3.03. The molecule has 0 bridgehead atoms. The Hall–Kier alpha value is -0.570. The summed E-state index contributed by atoms with van der Waals surface area (Å²) in [5.74, 6) is 0.722. The largest absolute Gasteiger partial charge is 0.469 e. The van der Waals surface area contributed by atoms with Gasteiger partial charge >= 0.3 is 5.97 Å². The van der Waals surface area contributed by atoms with Crippen LogP contribution in [0, 0.1) is 11.3 Å². The highest BCUT2D eigenvalue weighted by atomic mass is 16.5. The molecule has 0 aromatic rings. The lowest BCUT2D eigenvalue weighted by molar-refractivity contribution is -0.141. The van der Waals surface area contributed by atoms with Crippen LogP contribution in [0.3, 0.4) is 0 Å². The maximum atomic E-state index is 11.0. The first kappa shape index (κ1) is 13.5. The second kappa shape index (κ2) is 5.67. The molecule has 0 radical (unpaired) electrons. The summed E-state index contributed by atoms with van der Waals surface area (Å²) in [5, 5.41) is 0. The molecule has 1 fully saturated rings. The molecular weight excluding hydrogens is 202 g/mol. The van der Waals surface area contributed by atoms with Crippen molar-refractivity contribution in [3.63, 3.8) is 0 Å². The molecule has 0 atom stereocenters. The van der Waals surface area contributed by atoms with Crippen LogP contribution in [-0.4, -0.2) is 37.6 Å². The monoisotopic (exact) mass is 227 g/mol. The van der Waals surface area contributed by atoms with E-state index in [2.05, 4.69) is 30.4 Å². The number of methoxy groups -OCH3 is 1. The zero-order valence-corrected chi connectivity index (χ0v) is 11.1. The van der Waals surface area contributed by atoms with Crippen LogP contribution in [0.5, 0.6) is 0 Å². The lowest BCUT2D eigenvalue weighted by atomic mass is 9.75. The third kappa shape index (κ3) is 4.12. The molecule has 1 heterocycles. The number of likely N-dealkylation sites (tertiary alicyclic amines) is 1. The van der Waals surface area contributed by atoms with Crippen molar-refractivity contribution in [2.45, 2.75) is 40.0 Å². The molecule has 0 unspecified atom stereocenters. The van der Waals surface area contributed by atoms with E-state index < -0.39 is 0 Å². The number of hydrogen-bond acceptors (Lipinski definition) is 3. The minimum atomic E-state index is -0.0991. The molecular formula is C13H25NO2. The van der Waals surface area contributed by atoms with E-state index in [1.165, 1.54) is 20.0 Å². The fourth-order valence-corrected chi connectivity index (χ4v) is 2.37. The lowest BCUT2D eigenvalue weighted by Gasteiger charge is -2.38. The SMILES string of the molecule is COC(=O)CCN1CCC(C(C)(C)C)CC1. The molecule has 16 heavy (non-hydrogen) atoms. The van der Waals surface area contributed by atoms with Crippen LogP contribution in [0.15, 0.2) is 0 Å². The number of esters is 1. The van der Waals surface area contributed by atoms with Crippen LogP contribution in [0.1, 0.15) is 40.0 Å². The first-order valence-corrected chi connectivity index (χ1v) is 6.22. The minimum Gasteiger partial charge on any atom is -0.469 e. The van der Waals surface area contributed by atoms with Gasteiger partial charge in [-0.25, -0.2) is 0 Å². The quantitative estimate of drug-likeness (QED) is 0.693. The maximum Gasteiger partial charge on any atom is 0.306 e. The summed E-state index contributed by atoms with van der Waals surface area (Å²) in [6.45, 7) is 10.1. The second-order valence-electron chi connectivity index (χ2n) is 5.81. The Bertz CT molecular complexity index is 225. The van der Waals surface area contributed by atoms with Gasteiger partial charge in [0, 0.05) is 6.54 Å². The van der Waals surface area contributed by atoms with Gasteiger partial charge in [0.15, 0.2) is 0 Å². The number of hydrogen-bond donors (Lipinski definition) is 0. The van der Waals surface area contributed by atoms with Crippen molar-refractivity contribution in [1.29, 1.82) is 0 Å². The average Bonchev–Trinajstić information content (AvgIpc) is 2.25. The first-order chi connectivity index (χ1) is 7.43. The zero-order chi connectivity index (χ0) is 12.2. The zero-order valence-electron chi connectivity index (χ0n) is 11.1. The van der Waals surface area contributed by atoms with Crippen LogP contribution in [0.25, 0.3) is 0 Å². The second-order valence-corrected chi connectivity index (χ2v) is 5.81. The molecule has 1 aliphatic rings. The van der Waals surface area contributed by atoms with Gasteiger partial charge in [-0.1, -0.05) is 20.8 Å². The van der Waals surface area contributed by atoms with E-state index in [0.29, 0.717) is 11.8 Å². The summed E-state index contributed by atoms with van der Waals surface area (Å²) in [7, 11) is 1.45. The van der Waals surface area contributed by atoms with Crippen LogP contribution >= 0.6 is 0 Å². The summed E-state index contributed by atoms with van der Waals surface area (Å²) >= 11 is 0. The Labute approximate surface area is 99.1 Å². The minimum absolute atomic E-state index is 0.0991. The van der Waals surface area contributed by atoms with Crippen LogP contribution in [0.2, 0.25) is 0 Å². The maximum absolute atomic E-state index is 11.0. The van der Waals surface area contributed by atoms with Crippen LogP contribution in [-0.2, 0) is 9.53 Å². The number of piperidine rings is 1. The summed E-state index contributed by atoms with van der Waals surface area (Å²) in [6, 6.07) is 0. The first-order valence-electron chi connectivity index (χ1n) is 6.22. The van der Waals surface area contributed by atoms with Gasteiger partial charge in [-0.2, -0.15) is 0 Å². The smallest absolute Gasteiger partial charge is 0.306 e. The molecule has 94 valence electrons. The predicted molar refractivity (Wildman–Crippen MR) is 65.3 cm³/mol. The third-order valence-electron chi connectivity index (χ3n) is 3.67. The standard InChI is InChI=1S/C13H25NO2/c1-13(2,3)11-5-8-14(9-6-11)10-7-12(15)16-4/h11H,5-10H2,1-4H3. The van der Waals surface area contributed by atoms with Gasteiger partial charge in [0.2, 0.25) is 0 Å². The number of rotatable bonds is 3. The number of nitrogens with zero attached hydrogens (tertiary/aromatic N) is 1. The van der Waals surface area contributed by atoms with Crippen molar-refractivity contribution in [3.8, 4) is 0 Å². The van der Waals surface area contributed by atoms with E-state index in [1.807, 2.05) is 0 Å². The third-order valence-corrected chi connectivity index (χ3v) is 3.67. The molecule has 0 amide bonds. The van der Waals surface area contributed by atoms with Crippen molar-refractivity contribution < 1.29 is 9.53 Å². The van der Waals surface area contributed by atoms with E-state index in [0.717, 1.165) is 25.6 Å². The molecule has 3 heteroatoms. The van der Waals surface area contributed by atoms with E-state index in [1.54, 1.807) is 0 Å². The Kier molecular flexibility index (Phi) is 4.78. The van der Waals surface area contributed by atoms with E-state index in [9.17, 15) is 4.79 Å². The molecule has 0 aromatic heterocycles. The molecule has 0 saturated carbocycles. The number of carbonyl (C=O) groups excluding carboxylic acids is 1. The normalized spacial score (nSPS) is 19.8. The predicted octanol–water partition coefficient (Wildman–Crippen LogP) is 2.31. The highest BCUT2D eigenvalue weighted by molar-refractivity contribution is 5.69. The fraction of sp³-hybridized carbons (Fsp3) is 0.923. The molecule has 0 aromatic carbocycles. The van der Waals surface area contributed by atoms with Crippen molar-refractivity contribution in [2.75, 3.05) is 26.7 Å². The van der Waals surface area contributed by atoms with Gasteiger partial charge in [0.05, 0.1) is 13.5 Å². The molecule has 0 spiro atoms. The molecule has 0 aliphatic carbocycles. The molecule has 1 rings (SSSR count). The Morgan fingerprint density at radius 3 is 2.31 bits per heavy atom. The van der Waals surface area contributed by atoms with Crippen molar-refractivity contribution in [2.24, 2.45) is 11.3 Å². The summed E-state index contributed by atoms with van der Waals surface area (Å²) in [4.78, 5) is 13.4. The van der Waals surface area contributed by atoms with Gasteiger partial charge in [-0.15, -0.1) is 0 Å². The molecule has 0 N–H and O–H groups in total. The molecule has 1 aliphatic heterocycles. The van der Waals surface area contributed by atoms with Crippen molar-refractivity contribution >= 4 is 5.97 Å². The van der Waals surface area contributed by atoms with Crippen molar-refractivity contribution in [1.82, 2.24) is 4.90 Å². The van der Waals surface area contributed by atoms with Gasteiger partial charge < -0.3 is 9.64 Å². The Balaban J connectivity index is 2.25. The molecule has 1 saturated heterocycles. The van der Waals surface area contributed by atoms with Crippen LogP contribution in [0.4, 0.5) is 0 Å². The summed E-state index contributed by atoms with van der Waals surface area (Å²) < 4.78 is 4.65. The van der Waals surface area contributed by atoms with Gasteiger partial charge in [0.1, 0.15) is 0 Å². The van der Waals surface area contributed by atoms with E-state index in [-0.39, 0.29) is 5.97 Å².